The zero-order chi connectivity index (χ0) is 17.4. The Labute approximate surface area is 147 Å². The molecule has 2 aromatic rings. The topological polar surface area (TPSA) is 47.6 Å². The average molecular weight is 345 g/mol. The second-order valence-corrected chi connectivity index (χ2v) is 6.39. The number of thioether (sulfide) groups is 1. The predicted octanol–water partition coefficient (Wildman–Crippen LogP) is 4.60. The van der Waals surface area contributed by atoms with E-state index in [4.69, 9.17) is 9.47 Å². The third kappa shape index (κ3) is 4.68. The van der Waals surface area contributed by atoms with E-state index in [1.807, 2.05) is 49.4 Å². The summed E-state index contributed by atoms with van der Waals surface area (Å²) in [7, 11) is 1.58. The van der Waals surface area contributed by atoms with E-state index < -0.39 is 6.10 Å². The second-order valence-electron chi connectivity index (χ2n) is 5.08. The van der Waals surface area contributed by atoms with Crippen molar-refractivity contribution >= 4 is 23.4 Å². The summed E-state index contributed by atoms with van der Waals surface area (Å²) in [6.45, 7) is 4.01. The van der Waals surface area contributed by atoms with Crippen LogP contribution in [0.2, 0.25) is 0 Å². The summed E-state index contributed by atoms with van der Waals surface area (Å²) in [4.78, 5) is 13.7. The van der Waals surface area contributed by atoms with Crippen LogP contribution in [0.4, 0.5) is 5.69 Å². The lowest BCUT2D eigenvalue weighted by atomic mass is 10.2. The van der Waals surface area contributed by atoms with Gasteiger partial charge in [-0.3, -0.25) is 4.79 Å². The molecule has 0 aliphatic heterocycles. The zero-order valence-electron chi connectivity index (χ0n) is 14.2. The van der Waals surface area contributed by atoms with Crippen molar-refractivity contribution in [2.75, 3.05) is 18.2 Å². The highest BCUT2D eigenvalue weighted by Gasteiger charge is 2.21. The van der Waals surface area contributed by atoms with Gasteiger partial charge in [0.1, 0.15) is 0 Å². The summed E-state index contributed by atoms with van der Waals surface area (Å²) in [5.74, 6) is 1.97. The fourth-order valence-corrected chi connectivity index (χ4v) is 3.02. The van der Waals surface area contributed by atoms with E-state index in [2.05, 4.69) is 12.2 Å². The zero-order valence-corrected chi connectivity index (χ0v) is 15.1. The molecule has 5 heteroatoms. The Morgan fingerprint density at radius 2 is 1.75 bits per heavy atom. The number of anilines is 1. The van der Waals surface area contributed by atoms with E-state index in [0.717, 1.165) is 16.3 Å². The lowest BCUT2D eigenvalue weighted by Gasteiger charge is -2.19. The minimum absolute atomic E-state index is 0.160. The molecule has 1 amide bonds. The first-order valence-corrected chi connectivity index (χ1v) is 9.00. The van der Waals surface area contributed by atoms with Gasteiger partial charge in [-0.15, -0.1) is 11.8 Å². The highest BCUT2D eigenvalue weighted by Crippen LogP contribution is 2.29. The normalized spacial score (nSPS) is 11.6. The number of carbonyl (C=O) groups is 1. The lowest BCUT2D eigenvalue weighted by molar-refractivity contribution is -0.122. The molecular formula is C19H23NO3S. The molecule has 2 rings (SSSR count). The van der Waals surface area contributed by atoms with Crippen LogP contribution in [0.1, 0.15) is 20.3 Å². The predicted molar refractivity (Wildman–Crippen MR) is 99.2 cm³/mol. The Kier molecular flexibility index (Phi) is 7.00. The molecule has 0 unspecified atom stereocenters. The van der Waals surface area contributed by atoms with Crippen LogP contribution in [0.3, 0.4) is 0 Å². The maximum absolute atomic E-state index is 12.6. The van der Waals surface area contributed by atoms with Crippen LogP contribution >= 0.6 is 11.8 Å². The van der Waals surface area contributed by atoms with Gasteiger partial charge in [-0.25, -0.2) is 0 Å². The molecule has 0 aliphatic rings. The highest BCUT2D eigenvalue weighted by atomic mass is 32.2. The molecule has 4 nitrogen and oxygen atoms in total. The second kappa shape index (κ2) is 9.23. The first-order chi connectivity index (χ1) is 11.7. The number of hydrogen-bond acceptors (Lipinski definition) is 4. The summed E-state index contributed by atoms with van der Waals surface area (Å²) in [5.41, 5.74) is 0.816. The largest absolute Gasteiger partial charge is 0.493 e. The van der Waals surface area contributed by atoms with Gasteiger partial charge in [-0.1, -0.05) is 38.1 Å². The average Bonchev–Trinajstić information content (AvgIpc) is 2.61. The van der Waals surface area contributed by atoms with Crippen molar-refractivity contribution in [1.82, 2.24) is 0 Å². The maximum atomic E-state index is 12.6. The van der Waals surface area contributed by atoms with Crippen LogP contribution < -0.4 is 14.8 Å². The molecule has 0 bridgehead atoms. The first kappa shape index (κ1) is 18.2. The summed E-state index contributed by atoms with van der Waals surface area (Å²) in [6.07, 6.45) is -0.0200. The molecular weight excluding hydrogens is 322 g/mol. The number of amides is 1. The number of carbonyl (C=O) groups excluding carboxylic acids is 1. The first-order valence-electron chi connectivity index (χ1n) is 8.01. The number of benzene rings is 2. The van der Waals surface area contributed by atoms with Crippen molar-refractivity contribution in [1.29, 1.82) is 0 Å². The molecule has 2 aromatic carbocycles. The number of para-hydroxylation sites is 3. The van der Waals surface area contributed by atoms with Gasteiger partial charge in [0.05, 0.1) is 12.8 Å². The van der Waals surface area contributed by atoms with Crippen LogP contribution in [0.5, 0.6) is 11.5 Å². The molecule has 0 saturated heterocycles. The number of methoxy groups -OCH3 is 1. The Morgan fingerprint density at radius 3 is 2.42 bits per heavy atom. The van der Waals surface area contributed by atoms with Crippen LogP contribution in [0.15, 0.2) is 53.4 Å². The summed E-state index contributed by atoms with van der Waals surface area (Å²) < 4.78 is 11.2. The monoisotopic (exact) mass is 345 g/mol. The quantitative estimate of drug-likeness (QED) is 0.710. The third-order valence-corrected chi connectivity index (χ3v) is 4.40. The van der Waals surface area contributed by atoms with E-state index in [-0.39, 0.29) is 5.91 Å². The summed E-state index contributed by atoms with van der Waals surface area (Å²) in [6, 6.07) is 15.1. The molecule has 0 aromatic heterocycles. The van der Waals surface area contributed by atoms with E-state index >= 15 is 0 Å². The van der Waals surface area contributed by atoms with Crippen LogP contribution in [-0.4, -0.2) is 24.9 Å². The molecule has 0 fully saturated rings. The summed E-state index contributed by atoms with van der Waals surface area (Å²) >= 11 is 1.70. The van der Waals surface area contributed by atoms with Crippen LogP contribution in [0.25, 0.3) is 0 Å². The van der Waals surface area contributed by atoms with Gasteiger partial charge >= 0.3 is 0 Å². The molecule has 128 valence electrons. The van der Waals surface area contributed by atoms with Crippen LogP contribution in [-0.2, 0) is 4.79 Å². The van der Waals surface area contributed by atoms with E-state index in [9.17, 15) is 4.79 Å². The number of nitrogens with one attached hydrogen (secondary N) is 1. The van der Waals surface area contributed by atoms with Crippen LogP contribution in [0, 0.1) is 0 Å². The van der Waals surface area contributed by atoms with Crippen molar-refractivity contribution < 1.29 is 14.3 Å². The van der Waals surface area contributed by atoms with Gasteiger partial charge in [0.2, 0.25) is 0 Å². The van der Waals surface area contributed by atoms with Crippen molar-refractivity contribution in [3.05, 3.63) is 48.5 Å². The minimum atomic E-state index is -0.582. The fraction of sp³-hybridized carbons (Fsp3) is 0.316. The van der Waals surface area contributed by atoms with Crippen molar-refractivity contribution in [2.24, 2.45) is 0 Å². The van der Waals surface area contributed by atoms with Crippen molar-refractivity contribution in [3.63, 3.8) is 0 Å². The fourth-order valence-electron chi connectivity index (χ4n) is 2.26. The van der Waals surface area contributed by atoms with Gasteiger partial charge in [0, 0.05) is 4.90 Å². The number of hydrogen-bond donors (Lipinski definition) is 1. The number of ether oxygens (including phenoxy) is 2. The van der Waals surface area contributed by atoms with E-state index in [0.29, 0.717) is 17.9 Å². The van der Waals surface area contributed by atoms with Crippen molar-refractivity contribution in [2.45, 2.75) is 31.3 Å². The molecule has 0 aliphatic carbocycles. The molecule has 0 radical (unpaired) electrons. The van der Waals surface area contributed by atoms with Gasteiger partial charge in [-0.2, -0.15) is 0 Å². The number of rotatable bonds is 8. The van der Waals surface area contributed by atoms with E-state index in [1.165, 1.54) is 0 Å². The Morgan fingerprint density at radius 1 is 1.08 bits per heavy atom. The molecule has 1 N–H and O–H groups in total. The Hall–Kier alpha value is -2.14. The van der Waals surface area contributed by atoms with Crippen molar-refractivity contribution in [3.8, 4) is 11.5 Å². The Balaban J connectivity index is 2.12. The molecule has 24 heavy (non-hydrogen) atoms. The lowest BCUT2D eigenvalue weighted by Crippen LogP contribution is -2.32. The maximum Gasteiger partial charge on any atom is 0.265 e. The smallest absolute Gasteiger partial charge is 0.265 e. The third-order valence-electron chi connectivity index (χ3n) is 3.45. The van der Waals surface area contributed by atoms with Gasteiger partial charge in [0.25, 0.3) is 5.91 Å². The summed E-state index contributed by atoms with van der Waals surface area (Å²) in [5, 5.41) is 2.98. The standard InChI is InChI=1S/C19H23NO3S/c1-4-15(23-17-12-8-7-11-16(17)22-3)19(21)20-14-10-6-9-13-18(14)24-5-2/h6-13,15H,4-5H2,1-3H3,(H,20,21)/t15-/m1/s1. The molecule has 0 heterocycles. The Bertz CT molecular complexity index is 675. The molecule has 0 spiro atoms. The molecule has 0 saturated carbocycles. The minimum Gasteiger partial charge on any atom is -0.493 e. The van der Waals surface area contributed by atoms with Gasteiger partial charge in [0.15, 0.2) is 17.6 Å². The van der Waals surface area contributed by atoms with Gasteiger partial charge < -0.3 is 14.8 Å². The molecule has 1 atom stereocenters. The van der Waals surface area contributed by atoms with Gasteiger partial charge in [-0.05, 0) is 36.4 Å². The van der Waals surface area contributed by atoms with E-state index in [1.54, 1.807) is 24.9 Å². The SMILES string of the molecule is CCSc1ccccc1NC(=O)[C@@H](CC)Oc1ccccc1OC. The highest BCUT2D eigenvalue weighted by molar-refractivity contribution is 7.99.